The Labute approximate surface area is 159 Å². The van der Waals surface area contributed by atoms with Gasteiger partial charge in [0.25, 0.3) is 0 Å². The maximum absolute atomic E-state index is 6.18. The second-order valence-corrected chi connectivity index (χ2v) is 6.00. The molecule has 2 rings (SSSR count). The summed E-state index contributed by atoms with van der Waals surface area (Å²) in [5.74, 6) is 0.859. The van der Waals surface area contributed by atoms with E-state index in [1.54, 1.807) is 13.2 Å². The van der Waals surface area contributed by atoms with Gasteiger partial charge in [-0.3, -0.25) is 0 Å². The Bertz CT molecular complexity index is 623. The molecule has 0 unspecified atom stereocenters. The molecule has 0 saturated heterocycles. The minimum Gasteiger partial charge on any atom is -0.489 e. The van der Waals surface area contributed by atoms with Gasteiger partial charge in [0.2, 0.25) is 0 Å². The average Bonchev–Trinajstić information content (AvgIpc) is 2.55. The van der Waals surface area contributed by atoms with Crippen LogP contribution in [0.15, 0.2) is 42.5 Å². The van der Waals surface area contributed by atoms with Gasteiger partial charge >= 0.3 is 0 Å². The molecule has 0 fully saturated rings. The van der Waals surface area contributed by atoms with Crippen molar-refractivity contribution >= 4 is 35.6 Å². The molecule has 0 radical (unpaired) electrons. The van der Waals surface area contributed by atoms with Gasteiger partial charge in [-0.25, -0.2) is 0 Å². The Balaban J connectivity index is 0.00000288. The van der Waals surface area contributed by atoms with Crippen molar-refractivity contribution in [3.63, 3.8) is 0 Å². The van der Waals surface area contributed by atoms with Gasteiger partial charge in [0.05, 0.1) is 0 Å². The quantitative estimate of drug-likeness (QED) is 0.603. The molecule has 0 aliphatic carbocycles. The summed E-state index contributed by atoms with van der Waals surface area (Å²) >= 11 is 12.1. The molecule has 132 valence electrons. The first-order valence-corrected chi connectivity index (χ1v) is 8.30. The Morgan fingerprint density at radius 3 is 2.58 bits per heavy atom. The molecular formula is C18H22Cl3NO2. The SMILES string of the molecule is COCCCNCc1ccccc1OCc1ccc(Cl)cc1Cl.Cl. The molecule has 0 aromatic heterocycles. The lowest BCUT2D eigenvalue weighted by atomic mass is 10.2. The fourth-order valence-corrected chi connectivity index (χ4v) is 2.61. The highest BCUT2D eigenvalue weighted by molar-refractivity contribution is 6.35. The minimum atomic E-state index is 0. The van der Waals surface area contributed by atoms with E-state index >= 15 is 0 Å². The Hall–Kier alpha value is -0.970. The topological polar surface area (TPSA) is 30.5 Å². The molecule has 0 atom stereocenters. The molecule has 0 bridgehead atoms. The molecule has 0 saturated carbocycles. The Kier molecular flexibility index (Phi) is 10.2. The first-order valence-electron chi connectivity index (χ1n) is 7.55. The van der Waals surface area contributed by atoms with Crippen LogP contribution in [0.3, 0.4) is 0 Å². The predicted octanol–water partition coefficient (Wildman–Crippen LogP) is 5.12. The predicted molar refractivity (Wildman–Crippen MR) is 103 cm³/mol. The van der Waals surface area contributed by atoms with Gasteiger partial charge in [-0.2, -0.15) is 0 Å². The molecule has 0 spiro atoms. The standard InChI is InChI=1S/C18H21Cl2NO2.ClH/c1-22-10-4-9-21-12-14-5-2-3-6-18(14)23-13-15-7-8-16(19)11-17(15)20;/h2-3,5-8,11,21H,4,9-10,12-13H2,1H3;1H. The molecule has 2 aromatic rings. The van der Waals surface area contributed by atoms with Crippen LogP contribution in [-0.4, -0.2) is 20.3 Å². The summed E-state index contributed by atoms with van der Waals surface area (Å²) < 4.78 is 11.0. The van der Waals surface area contributed by atoms with E-state index in [-0.39, 0.29) is 12.4 Å². The first-order chi connectivity index (χ1) is 11.2. The van der Waals surface area contributed by atoms with E-state index in [1.165, 1.54) is 0 Å². The summed E-state index contributed by atoms with van der Waals surface area (Å²) in [4.78, 5) is 0. The van der Waals surface area contributed by atoms with Crippen molar-refractivity contribution in [1.29, 1.82) is 0 Å². The number of benzene rings is 2. The summed E-state index contributed by atoms with van der Waals surface area (Å²) in [6, 6.07) is 13.4. The van der Waals surface area contributed by atoms with Gasteiger partial charge in [-0.15, -0.1) is 12.4 Å². The lowest BCUT2D eigenvalue weighted by Gasteiger charge is -2.13. The molecule has 6 heteroatoms. The van der Waals surface area contributed by atoms with Crippen LogP contribution in [0.2, 0.25) is 10.0 Å². The smallest absolute Gasteiger partial charge is 0.124 e. The third-order valence-corrected chi connectivity index (χ3v) is 3.98. The number of hydrogen-bond donors (Lipinski definition) is 1. The zero-order chi connectivity index (χ0) is 16.5. The van der Waals surface area contributed by atoms with E-state index < -0.39 is 0 Å². The van der Waals surface area contributed by atoms with Crippen molar-refractivity contribution in [2.24, 2.45) is 0 Å². The minimum absolute atomic E-state index is 0. The highest BCUT2D eigenvalue weighted by Gasteiger charge is 2.06. The number of ether oxygens (including phenoxy) is 2. The van der Waals surface area contributed by atoms with Crippen LogP contribution in [0.1, 0.15) is 17.5 Å². The van der Waals surface area contributed by atoms with Crippen LogP contribution in [0.4, 0.5) is 0 Å². The van der Waals surface area contributed by atoms with E-state index in [1.807, 2.05) is 30.3 Å². The summed E-state index contributed by atoms with van der Waals surface area (Å²) in [7, 11) is 1.71. The van der Waals surface area contributed by atoms with E-state index in [0.29, 0.717) is 16.7 Å². The summed E-state index contributed by atoms with van der Waals surface area (Å²) in [6.45, 7) is 2.84. The molecule has 2 aromatic carbocycles. The number of para-hydroxylation sites is 1. The monoisotopic (exact) mass is 389 g/mol. The second-order valence-electron chi connectivity index (χ2n) is 5.16. The van der Waals surface area contributed by atoms with Crippen LogP contribution in [0, 0.1) is 0 Å². The molecule has 1 N–H and O–H groups in total. The van der Waals surface area contributed by atoms with Crippen molar-refractivity contribution < 1.29 is 9.47 Å². The van der Waals surface area contributed by atoms with Gasteiger partial charge in [-0.1, -0.05) is 47.5 Å². The fraction of sp³-hybridized carbons (Fsp3) is 0.333. The van der Waals surface area contributed by atoms with Gasteiger partial charge in [0.1, 0.15) is 12.4 Å². The Morgan fingerprint density at radius 1 is 1.04 bits per heavy atom. The van der Waals surface area contributed by atoms with E-state index in [9.17, 15) is 0 Å². The Morgan fingerprint density at radius 2 is 1.83 bits per heavy atom. The number of rotatable bonds is 9. The lowest BCUT2D eigenvalue weighted by molar-refractivity contribution is 0.194. The summed E-state index contributed by atoms with van der Waals surface area (Å²) in [5, 5.41) is 4.63. The van der Waals surface area contributed by atoms with Crippen molar-refractivity contribution in [1.82, 2.24) is 5.32 Å². The van der Waals surface area contributed by atoms with Gasteiger partial charge in [0.15, 0.2) is 0 Å². The molecule has 0 heterocycles. The molecule has 24 heavy (non-hydrogen) atoms. The zero-order valence-electron chi connectivity index (χ0n) is 13.6. The average molecular weight is 391 g/mol. The highest BCUT2D eigenvalue weighted by Crippen LogP contribution is 2.24. The summed E-state index contributed by atoms with van der Waals surface area (Å²) in [5.41, 5.74) is 2.04. The normalized spacial score (nSPS) is 10.3. The first kappa shape index (κ1) is 21.1. The van der Waals surface area contributed by atoms with Crippen molar-refractivity contribution in [3.8, 4) is 5.75 Å². The van der Waals surface area contributed by atoms with Crippen LogP contribution in [0.25, 0.3) is 0 Å². The fourth-order valence-electron chi connectivity index (χ4n) is 2.15. The maximum Gasteiger partial charge on any atom is 0.124 e. The van der Waals surface area contributed by atoms with Crippen LogP contribution >= 0.6 is 35.6 Å². The van der Waals surface area contributed by atoms with Crippen molar-refractivity contribution in [2.75, 3.05) is 20.3 Å². The largest absolute Gasteiger partial charge is 0.489 e. The number of methoxy groups -OCH3 is 1. The van der Waals surface area contributed by atoms with Gasteiger partial charge in [-0.05, 0) is 31.2 Å². The number of hydrogen-bond acceptors (Lipinski definition) is 3. The molecule has 0 aliphatic heterocycles. The van der Waals surface area contributed by atoms with Gasteiger partial charge < -0.3 is 14.8 Å². The van der Waals surface area contributed by atoms with E-state index in [2.05, 4.69) is 11.4 Å². The van der Waals surface area contributed by atoms with Crippen LogP contribution in [0.5, 0.6) is 5.75 Å². The molecular weight excluding hydrogens is 369 g/mol. The summed E-state index contributed by atoms with van der Waals surface area (Å²) in [6.07, 6.45) is 0.986. The van der Waals surface area contributed by atoms with Crippen LogP contribution in [-0.2, 0) is 17.9 Å². The third kappa shape index (κ3) is 6.88. The molecule has 0 amide bonds. The van der Waals surface area contributed by atoms with Crippen LogP contribution < -0.4 is 10.1 Å². The molecule has 3 nitrogen and oxygen atoms in total. The molecule has 0 aliphatic rings. The van der Waals surface area contributed by atoms with Gasteiger partial charge in [0, 0.05) is 41.4 Å². The highest BCUT2D eigenvalue weighted by atomic mass is 35.5. The number of nitrogens with one attached hydrogen (secondary N) is 1. The van der Waals surface area contributed by atoms with E-state index in [4.69, 9.17) is 32.7 Å². The second kappa shape index (κ2) is 11.6. The zero-order valence-corrected chi connectivity index (χ0v) is 15.9. The van der Waals surface area contributed by atoms with Crippen molar-refractivity contribution in [3.05, 3.63) is 63.6 Å². The van der Waals surface area contributed by atoms with E-state index in [0.717, 1.165) is 43.0 Å². The number of halogens is 3. The van der Waals surface area contributed by atoms with Crippen molar-refractivity contribution in [2.45, 2.75) is 19.6 Å². The third-order valence-electron chi connectivity index (χ3n) is 3.39. The maximum atomic E-state index is 6.18. The lowest BCUT2D eigenvalue weighted by Crippen LogP contribution is -2.16.